The minimum Gasteiger partial charge on any atom is -0.468 e. The van der Waals surface area contributed by atoms with Gasteiger partial charge >= 0.3 is 0 Å². The highest BCUT2D eigenvalue weighted by Gasteiger charge is 2.33. The Morgan fingerprint density at radius 2 is 1.91 bits per heavy atom. The average Bonchev–Trinajstić information content (AvgIpc) is 3.07. The summed E-state index contributed by atoms with van der Waals surface area (Å²) in [7, 11) is 0. The van der Waals surface area contributed by atoms with E-state index in [1.807, 2.05) is 42.5 Å². The van der Waals surface area contributed by atoms with Crippen molar-refractivity contribution in [1.82, 2.24) is 0 Å². The predicted molar refractivity (Wildman–Crippen MR) is 82.0 cm³/mol. The van der Waals surface area contributed by atoms with Gasteiger partial charge in [-0.3, -0.25) is 0 Å². The molecule has 0 amide bonds. The topological polar surface area (TPSA) is 72.2 Å². The third kappa shape index (κ3) is 1.69. The van der Waals surface area contributed by atoms with E-state index in [0.29, 0.717) is 17.1 Å². The van der Waals surface area contributed by atoms with E-state index in [2.05, 4.69) is 6.07 Å². The maximum absolute atomic E-state index is 9.46. The normalized spacial score (nSPS) is 17.0. The number of nitrogens with zero attached hydrogens (tertiary/aromatic N) is 1. The van der Waals surface area contributed by atoms with Gasteiger partial charge in [0.25, 0.3) is 0 Å². The van der Waals surface area contributed by atoms with E-state index in [-0.39, 0.29) is 11.8 Å². The van der Waals surface area contributed by atoms with Gasteiger partial charge in [0.2, 0.25) is 5.88 Å². The van der Waals surface area contributed by atoms with Crippen LogP contribution < -0.4 is 10.5 Å². The number of benzene rings is 2. The number of hydrogen-bond acceptors (Lipinski definition) is 4. The molecule has 0 aliphatic carbocycles. The van der Waals surface area contributed by atoms with Crippen LogP contribution in [0.2, 0.25) is 0 Å². The number of nitriles is 1. The van der Waals surface area contributed by atoms with E-state index in [1.54, 1.807) is 12.3 Å². The molecule has 3 aromatic rings. The number of rotatable bonds is 1. The number of nitrogens with two attached hydrogens (primary N) is 1. The molecule has 4 nitrogen and oxygen atoms in total. The van der Waals surface area contributed by atoms with Gasteiger partial charge < -0.3 is 14.9 Å². The molecule has 2 N–H and O–H groups in total. The van der Waals surface area contributed by atoms with Crippen molar-refractivity contribution in [3.63, 3.8) is 0 Å². The van der Waals surface area contributed by atoms with Crippen molar-refractivity contribution in [2.24, 2.45) is 5.73 Å². The first kappa shape index (κ1) is 12.5. The minimum absolute atomic E-state index is 0.132. The predicted octanol–water partition coefficient (Wildman–Crippen LogP) is 3.65. The molecule has 22 heavy (non-hydrogen) atoms. The van der Waals surface area contributed by atoms with Gasteiger partial charge in [-0.15, -0.1) is 0 Å². The van der Waals surface area contributed by atoms with Crippen LogP contribution in [-0.2, 0) is 0 Å². The third-order valence-electron chi connectivity index (χ3n) is 3.94. The molecular weight excluding hydrogens is 276 g/mol. The summed E-state index contributed by atoms with van der Waals surface area (Å²) in [5.41, 5.74) is 7.25. The lowest BCUT2D eigenvalue weighted by Gasteiger charge is -2.25. The molecule has 0 unspecified atom stereocenters. The van der Waals surface area contributed by atoms with Crippen LogP contribution in [0.5, 0.6) is 5.75 Å². The fourth-order valence-electron chi connectivity index (χ4n) is 2.93. The van der Waals surface area contributed by atoms with Crippen LogP contribution in [0.3, 0.4) is 0 Å². The number of ether oxygens (including phenoxy) is 1. The fourth-order valence-corrected chi connectivity index (χ4v) is 2.93. The summed E-state index contributed by atoms with van der Waals surface area (Å²) in [5, 5.41) is 11.5. The Morgan fingerprint density at radius 3 is 2.68 bits per heavy atom. The molecule has 0 saturated heterocycles. The minimum atomic E-state index is -0.339. The Kier molecular flexibility index (Phi) is 2.67. The molecule has 1 aliphatic heterocycles. The van der Waals surface area contributed by atoms with E-state index in [1.165, 1.54) is 0 Å². The monoisotopic (exact) mass is 288 g/mol. The first-order valence-electron chi connectivity index (χ1n) is 6.92. The Morgan fingerprint density at radius 1 is 1.05 bits per heavy atom. The second-order valence-corrected chi connectivity index (χ2v) is 5.15. The molecule has 0 fully saturated rings. The third-order valence-corrected chi connectivity index (χ3v) is 3.94. The SMILES string of the molecule is N#CC1=C(N)Oc2c(ccc3ccccc23)[C@H]1c1ccco1. The van der Waals surface area contributed by atoms with Crippen LogP contribution in [0.4, 0.5) is 0 Å². The first-order chi connectivity index (χ1) is 10.8. The van der Waals surface area contributed by atoms with Crippen molar-refractivity contribution in [2.75, 3.05) is 0 Å². The van der Waals surface area contributed by atoms with Crippen LogP contribution in [-0.4, -0.2) is 0 Å². The summed E-state index contributed by atoms with van der Waals surface area (Å²) in [6, 6.07) is 17.7. The number of fused-ring (bicyclic) bond motifs is 3. The number of furan rings is 1. The second-order valence-electron chi connectivity index (χ2n) is 5.15. The molecule has 4 heteroatoms. The molecule has 0 bridgehead atoms. The second kappa shape index (κ2) is 4.68. The van der Waals surface area contributed by atoms with Crippen molar-refractivity contribution in [2.45, 2.75) is 5.92 Å². The Labute approximate surface area is 127 Å². The summed E-state index contributed by atoms with van der Waals surface area (Å²) < 4.78 is 11.3. The van der Waals surface area contributed by atoms with Crippen molar-refractivity contribution < 1.29 is 9.15 Å². The van der Waals surface area contributed by atoms with E-state index in [4.69, 9.17) is 14.9 Å². The molecule has 0 saturated carbocycles. The molecule has 2 heterocycles. The maximum Gasteiger partial charge on any atom is 0.205 e. The smallest absolute Gasteiger partial charge is 0.205 e. The van der Waals surface area contributed by atoms with Crippen LogP contribution in [0.1, 0.15) is 17.2 Å². The zero-order valence-electron chi connectivity index (χ0n) is 11.6. The lowest BCUT2D eigenvalue weighted by atomic mass is 9.86. The summed E-state index contributed by atoms with van der Waals surface area (Å²) in [6.45, 7) is 0. The van der Waals surface area contributed by atoms with Crippen molar-refractivity contribution in [3.8, 4) is 11.8 Å². The molecule has 1 aliphatic rings. The largest absolute Gasteiger partial charge is 0.468 e. The Hall–Kier alpha value is -3.19. The highest BCUT2D eigenvalue weighted by Crippen LogP contribution is 2.45. The van der Waals surface area contributed by atoms with Crippen molar-refractivity contribution in [3.05, 3.63) is 77.6 Å². The lowest BCUT2D eigenvalue weighted by Crippen LogP contribution is -2.20. The van der Waals surface area contributed by atoms with Gasteiger partial charge in [-0.05, 0) is 17.5 Å². The van der Waals surface area contributed by atoms with Gasteiger partial charge in [-0.25, -0.2) is 0 Å². The van der Waals surface area contributed by atoms with Crippen molar-refractivity contribution >= 4 is 10.8 Å². The molecule has 2 aromatic carbocycles. The quantitative estimate of drug-likeness (QED) is 0.741. The highest BCUT2D eigenvalue weighted by atomic mass is 16.5. The van der Waals surface area contributed by atoms with Gasteiger partial charge in [-0.1, -0.05) is 36.4 Å². The van der Waals surface area contributed by atoms with Gasteiger partial charge in [0.05, 0.1) is 12.2 Å². The van der Waals surface area contributed by atoms with Crippen LogP contribution in [0.15, 0.2) is 70.7 Å². The Balaban J connectivity index is 2.04. The molecule has 106 valence electrons. The van der Waals surface area contributed by atoms with Crippen LogP contribution in [0, 0.1) is 11.3 Å². The lowest BCUT2D eigenvalue weighted by molar-refractivity contribution is 0.388. The van der Waals surface area contributed by atoms with E-state index in [9.17, 15) is 5.26 Å². The average molecular weight is 288 g/mol. The van der Waals surface area contributed by atoms with Crippen molar-refractivity contribution in [1.29, 1.82) is 5.26 Å². The van der Waals surface area contributed by atoms with Gasteiger partial charge in [0.15, 0.2) is 0 Å². The van der Waals surface area contributed by atoms with Gasteiger partial charge in [-0.2, -0.15) is 5.26 Å². The standard InChI is InChI=1S/C18H12N2O2/c19-10-14-16(15-6-3-9-21-15)13-8-7-11-4-1-2-5-12(11)17(13)22-18(14)20/h1-9,16H,20H2/t16-/m1/s1. The summed E-state index contributed by atoms with van der Waals surface area (Å²) in [6.07, 6.45) is 1.59. The van der Waals surface area contributed by atoms with E-state index < -0.39 is 0 Å². The van der Waals surface area contributed by atoms with E-state index in [0.717, 1.165) is 16.3 Å². The maximum atomic E-state index is 9.46. The summed E-state index contributed by atoms with van der Waals surface area (Å²) >= 11 is 0. The molecule has 0 radical (unpaired) electrons. The molecule has 1 aromatic heterocycles. The molecule has 1 atom stereocenters. The van der Waals surface area contributed by atoms with Gasteiger partial charge in [0.1, 0.15) is 23.2 Å². The van der Waals surface area contributed by atoms with Crippen LogP contribution >= 0.6 is 0 Å². The zero-order chi connectivity index (χ0) is 15.1. The van der Waals surface area contributed by atoms with Crippen LogP contribution in [0.25, 0.3) is 10.8 Å². The van der Waals surface area contributed by atoms with E-state index >= 15 is 0 Å². The molecular formula is C18H12N2O2. The summed E-state index contributed by atoms with van der Waals surface area (Å²) in [5.74, 6) is 1.16. The number of allylic oxidation sites excluding steroid dienone is 1. The zero-order valence-corrected chi connectivity index (χ0v) is 11.6. The fraction of sp³-hybridized carbons (Fsp3) is 0.0556. The van der Waals surface area contributed by atoms with Gasteiger partial charge in [0, 0.05) is 10.9 Å². The molecule has 4 rings (SSSR count). The summed E-state index contributed by atoms with van der Waals surface area (Å²) in [4.78, 5) is 0. The molecule has 0 spiro atoms. The first-order valence-corrected chi connectivity index (χ1v) is 6.92. The Bertz CT molecular complexity index is 933. The highest BCUT2D eigenvalue weighted by molar-refractivity contribution is 5.90. The number of hydrogen-bond donors (Lipinski definition) is 1.